The normalized spacial score (nSPS) is 13.0. The van der Waals surface area contributed by atoms with Crippen molar-refractivity contribution in [1.29, 1.82) is 0 Å². The van der Waals surface area contributed by atoms with Gasteiger partial charge >= 0.3 is 0 Å². The lowest BCUT2D eigenvalue weighted by atomic mass is 9.67. The van der Waals surface area contributed by atoms with E-state index in [0.717, 1.165) is 88.4 Å². The van der Waals surface area contributed by atoms with E-state index in [1.54, 1.807) is 0 Å². The van der Waals surface area contributed by atoms with E-state index in [-0.39, 0.29) is 0 Å². The fraction of sp³-hybridized carbons (Fsp3) is 0.0169. The molecule has 0 radical (unpaired) electrons. The summed E-state index contributed by atoms with van der Waals surface area (Å²) in [5, 5.41) is 6.60. The van der Waals surface area contributed by atoms with Gasteiger partial charge in [-0.2, -0.15) is 0 Å². The minimum atomic E-state index is -0.539. The molecular weight excluding hydrogens is 755 g/mol. The molecule has 1 aliphatic rings. The lowest BCUT2D eigenvalue weighted by Crippen LogP contribution is -2.28. The van der Waals surface area contributed by atoms with Crippen molar-refractivity contribution in [2.75, 3.05) is 4.90 Å². The summed E-state index contributed by atoms with van der Waals surface area (Å²) < 4.78 is 13.8. The maximum absolute atomic E-state index is 7.36. The van der Waals surface area contributed by atoms with Crippen LogP contribution in [-0.2, 0) is 5.41 Å². The number of furan rings is 2. The molecule has 13 rings (SSSR count). The van der Waals surface area contributed by atoms with Crippen molar-refractivity contribution < 1.29 is 8.83 Å². The second-order valence-electron chi connectivity index (χ2n) is 16.3. The summed E-state index contributed by atoms with van der Waals surface area (Å²) in [6, 6.07) is 80.8. The Bertz CT molecular complexity index is 3660. The van der Waals surface area contributed by atoms with Crippen LogP contribution in [0.1, 0.15) is 22.3 Å². The highest BCUT2D eigenvalue weighted by atomic mass is 16.3. The van der Waals surface area contributed by atoms with Gasteiger partial charge in [0.2, 0.25) is 0 Å². The molecule has 0 saturated carbocycles. The van der Waals surface area contributed by atoms with Gasteiger partial charge in [0, 0.05) is 38.4 Å². The van der Waals surface area contributed by atoms with Gasteiger partial charge in [-0.15, -0.1) is 0 Å². The van der Waals surface area contributed by atoms with E-state index < -0.39 is 5.41 Å². The van der Waals surface area contributed by atoms with Gasteiger partial charge in [-0.1, -0.05) is 188 Å². The molecule has 12 aromatic rings. The van der Waals surface area contributed by atoms with E-state index in [9.17, 15) is 0 Å². The van der Waals surface area contributed by atoms with E-state index in [1.165, 1.54) is 27.8 Å². The Kier molecular flexibility index (Phi) is 7.52. The summed E-state index contributed by atoms with van der Waals surface area (Å²) in [4.78, 5) is 2.45. The van der Waals surface area contributed by atoms with Crippen LogP contribution in [-0.4, -0.2) is 0 Å². The number of rotatable bonds is 6. The Labute approximate surface area is 358 Å². The van der Waals surface area contributed by atoms with Crippen LogP contribution in [0.3, 0.4) is 0 Å². The Balaban J connectivity index is 1.15. The van der Waals surface area contributed by atoms with Crippen molar-refractivity contribution in [3.05, 3.63) is 247 Å². The number of anilines is 3. The summed E-state index contributed by atoms with van der Waals surface area (Å²) in [6.45, 7) is 0. The first-order valence-electron chi connectivity index (χ1n) is 21.3. The molecule has 290 valence electrons. The molecule has 0 saturated heterocycles. The van der Waals surface area contributed by atoms with Gasteiger partial charge in [0.05, 0.1) is 22.2 Å². The molecular formula is C59H37NO2. The van der Waals surface area contributed by atoms with Crippen molar-refractivity contribution in [1.82, 2.24) is 0 Å². The molecule has 0 atom stereocenters. The quantitative estimate of drug-likeness (QED) is 0.168. The molecule has 2 heterocycles. The molecule has 0 unspecified atom stereocenters. The fourth-order valence-corrected chi connectivity index (χ4v) is 10.7. The van der Waals surface area contributed by atoms with Crippen molar-refractivity contribution in [2.24, 2.45) is 0 Å². The summed E-state index contributed by atoms with van der Waals surface area (Å²) in [6.07, 6.45) is 0. The Morgan fingerprint density at radius 2 is 0.984 bits per heavy atom. The molecule has 0 aliphatic heterocycles. The maximum Gasteiger partial charge on any atom is 0.143 e. The highest BCUT2D eigenvalue weighted by Crippen LogP contribution is 2.59. The third-order valence-corrected chi connectivity index (χ3v) is 13.1. The van der Waals surface area contributed by atoms with Crippen molar-refractivity contribution >= 4 is 71.7 Å². The van der Waals surface area contributed by atoms with Crippen LogP contribution in [0, 0.1) is 0 Å². The zero-order chi connectivity index (χ0) is 40.8. The summed E-state index contributed by atoms with van der Waals surface area (Å²) in [5.74, 6) is 0. The fourth-order valence-electron chi connectivity index (χ4n) is 10.7. The zero-order valence-electron chi connectivity index (χ0n) is 33.6. The molecule has 0 amide bonds. The number of benzene rings is 10. The molecule has 0 bridgehead atoms. The highest BCUT2D eigenvalue weighted by molar-refractivity contribution is 6.25. The largest absolute Gasteiger partial charge is 0.456 e. The predicted molar refractivity (Wildman–Crippen MR) is 256 cm³/mol. The van der Waals surface area contributed by atoms with Gasteiger partial charge in [0.15, 0.2) is 0 Å². The van der Waals surface area contributed by atoms with Gasteiger partial charge in [-0.3, -0.25) is 0 Å². The maximum atomic E-state index is 7.36. The minimum absolute atomic E-state index is 0.539. The number of nitrogens with zero attached hydrogens (tertiary/aromatic N) is 1. The minimum Gasteiger partial charge on any atom is -0.456 e. The Hall–Kier alpha value is -8.14. The van der Waals surface area contributed by atoms with Crippen molar-refractivity contribution in [2.45, 2.75) is 5.41 Å². The molecule has 62 heavy (non-hydrogen) atoms. The Morgan fingerprint density at radius 3 is 1.77 bits per heavy atom. The summed E-state index contributed by atoms with van der Waals surface area (Å²) >= 11 is 0. The molecule has 1 aliphatic carbocycles. The molecule has 0 fully saturated rings. The van der Waals surface area contributed by atoms with Crippen LogP contribution in [0.25, 0.3) is 76.9 Å². The van der Waals surface area contributed by atoms with E-state index in [2.05, 4.69) is 223 Å². The van der Waals surface area contributed by atoms with Gasteiger partial charge in [0.25, 0.3) is 0 Å². The average Bonchev–Trinajstić information content (AvgIpc) is 4.01. The van der Waals surface area contributed by atoms with Crippen LogP contribution in [0.5, 0.6) is 0 Å². The predicted octanol–water partition coefficient (Wildman–Crippen LogP) is 16.1. The standard InChI is InChI=1S/C59H37NO2/c1-4-20-39(21-5-1)59(40-22-6-2-7-23-40)48-31-15-12-28-45(48)55-49(59)36-35-47-56-53(62-58(47)55)37-38-19-10-11-26-42(38)57(56)60(41-24-8-3-9-25-41)50-32-16-13-27-43(50)44-30-18-34-52-54(44)46-29-14-17-33-51(46)61-52/h1-37H. The first-order chi connectivity index (χ1) is 30.8. The molecule has 0 N–H and O–H groups in total. The van der Waals surface area contributed by atoms with Gasteiger partial charge < -0.3 is 13.7 Å². The third kappa shape index (κ3) is 4.82. The van der Waals surface area contributed by atoms with Crippen LogP contribution in [0.2, 0.25) is 0 Å². The van der Waals surface area contributed by atoms with Gasteiger partial charge in [0.1, 0.15) is 22.3 Å². The molecule has 0 spiro atoms. The molecule has 3 heteroatoms. The first-order valence-corrected chi connectivity index (χ1v) is 21.3. The molecule has 3 nitrogen and oxygen atoms in total. The van der Waals surface area contributed by atoms with Crippen molar-refractivity contribution in [3.63, 3.8) is 0 Å². The van der Waals surface area contributed by atoms with Gasteiger partial charge in [-0.05, 0) is 75.2 Å². The lowest BCUT2D eigenvalue weighted by molar-refractivity contribution is 0.669. The Morgan fingerprint density at radius 1 is 0.371 bits per heavy atom. The third-order valence-electron chi connectivity index (χ3n) is 13.1. The average molecular weight is 792 g/mol. The van der Waals surface area contributed by atoms with Crippen LogP contribution >= 0.6 is 0 Å². The van der Waals surface area contributed by atoms with Crippen LogP contribution in [0.4, 0.5) is 17.1 Å². The summed E-state index contributed by atoms with van der Waals surface area (Å²) in [5.41, 5.74) is 15.6. The second kappa shape index (κ2) is 13.4. The smallest absolute Gasteiger partial charge is 0.143 e. The SMILES string of the molecule is c1ccc(N(c2ccccc2-c2cccc3oc4ccccc4c23)c2c3ccccc3cc3oc4c5c(ccc4c23)C(c2ccccc2)(c2ccccc2)c2ccccc2-5)cc1. The van der Waals surface area contributed by atoms with E-state index in [0.29, 0.717) is 0 Å². The zero-order valence-corrected chi connectivity index (χ0v) is 33.6. The monoisotopic (exact) mass is 791 g/mol. The number of fused-ring (bicyclic) bond motifs is 11. The number of para-hydroxylation sites is 3. The highest BCUT2D eigenvalue weighted by Gasteiger charge is 2.47. The topological polar surface area (TPSA) is 29.5 Å². The molecule has 10 aromatic carbocycles. The lowest BCUT2D eigenvalue weighted by Gasteiger charge is -2.33. The van der Waals surface area contributed by atoms with Gasteiger partial charge in [-0.25, -0.2) is 0 Å². The molecule has 2 aromatic heterocycles. The number of hydrogen-bond donors (Lipinski definition) is 0. The summed E-state index contributed by atoms with van der Waals surface area (Å²) in [7, 11) is 0. The van der Waals surface area contributed by atoms with E-state index in [4.69, 9.17) is 8.83 Å². The van der Waals surface area contributed by atoms with Crippen LogP contribution in [0.15, 0.2) is 233 Å². The number of hydrogen-bond acceptors (Lipinski definition) is 3. The van der Waals surface area contributed by atoms with E-state index >= 15 is 0 Å². The second-order valence-corrected chi connectivity index (χ2v) is 16.3. The van der Waals surface area contributed by atoms with Crippen molar-refractivity contribution in [3.8, 4) is 22.3 Å². The van der Waals surface area contributed by atoms with E-state index in [1.807, 2.05) is 6.07 Å². The van der Waals surface area contributed by atoms with Crippen LogP contribution < -0.4 is 4.90 Å². The first kappa shape index (κ1) is 34.7.